The van der Waals surface area contributed by atoms with Crippen molar-refractivity contribution in [3.8, 4) is 67.0 Å². The van der Waals surface area contributed by atoms with E-state index >= 15 is 0 Å². The van der Waals surface area contributed by atoms with Crippen molar-refractivity contribution in [2.24, 2.45) is 0 Å². The van der Waals surface area contributed by atoms with Crippen LogP contribution in [0.5, 0.6) is 0 Å². The number of benzene rings is 10. The minimum Gasteiger partial charge on any atom is -0.309 e. The maximum Gasteiger partial charge on any atom is 0.0541 e. The Hall–Kier alpha value is -8.20. The zero-order chi connectivity index (χ0) is 41.0. The number of aromatic nitrogens is 2. The lowest BCUT2D eigenvalue weighted by atomic mass is 9.97. The van der Waals surface area contributed by atoms with Crippen molar-refractivity contribution in [2.75, 3.05) is 0 Å². The van der Waals surface area contributed by atoms with E-state index in [1.165, 1.54) is 105 Å². The summed E-state index contributed by atoms with van der Waals surface area (Å²) in [7, 11) is 0. The Balaban J connectivity index is 0.872. The van der Waals surface area contributed by atoms with E-state index in [1.807, 2.05) is 0 Å². The maximum atomic E-state index is 2.43. The van der Waals surface area contributed by atoms with Gasteiger partial charge >= 0.3 is 0 Å². The molecule has 0 aliphatic heterocycles. The molecule has 10 aromatic carbocycles. The fraction of sp³-hybridized carbons (Fsp3) is 0. The SMILES string of the molecule is c1ccc(-c2cc(-c3ccccc3)cc(-n3c4ccccc4c4cc(-c5ccc(-c6ccc(-c7ccc8c(c7)c7ccccc7n8-c7ccccc7)cc6)cc5)ccc43)c2)cc1. The fourth-order valence-corrected chi connectivity index (χ4v) is 9.48. The average molecular weight is 789 g/mol. The Morgan fingerprint density at radius 2 is 0.500 bits per heavy atom. The minimum atomic E-state index is 1.15. The number of rotatable bonds is 7. The van der Waals surface area contributed by atoms with Crippen molar-refractivity contribution in [2.45, 2.75) is 0 Å². The number of hydrogen-bond acceptors (Lipinski definition) is 0. The van der Waals surface area contributed by atoms with Crippen molar-refractivity contribution in [1.82, 2.24) is 9.13 Å². The molecule has 62 heavy (non-hydrogen) atoms. The summed E-state index contributed by atoms with van der Waals surface area (Å²) in [6, 6.07) is 88.3. The molecule has 2 nitrogen and oxygen atoms in total. The van der Waals surface area contributed by atoms with Gasteiger partial charge in [0, 0.05) is 32.9 Å². The van der Waals surface area contributed by atoms with Gasteiger partial charge in [-0.3, -0.25) is 0 Å². The minimum absolute atomic E-state index is 1.15. The van der Waals surface area contributed by atoms with Crippen molar-refractivity contribution >= 4 is 43.6 Å². The number of para-hydroxylation sites is 3. The van der Waals surface area contributed by atoms with Gasteiger partial charge < -0.3 is 9.13 Å². The molecule has 0 atom stereocenters. The summed E-state index contributed by atoms with van der Waals surface area (Å²) in [6.07, 6.45) is 0. The molecule has 12 rings (SSSR count). The highest BCUT2D eigenvalue weighted by molar-refractivity contribution is 6.11. The second-order valence-electron chi connectivity index (χ2n) is 16.2. The first kappa shape index (κ1) is 35.7. The molecule has 2 heteroatoms. The van der Waals surface area contributed by atoms with E-state index in [2.05, 4.69) is 252 Å². The first-order valence-corrected chi connectivity index (χ1v) is 21.3. The molecule has 0 aliphatic carbocycles. The van der Waals surface area contributed by atoms with E-state index in [0.717, 1.165) is 5.69 Å². The summed E-state index contributed by atoms with van der Waals surface area (Å²) < 4.78 is 4.80. The molecule has 0 unspecified atom stereocenters. The van der Waals surface area contributed by atoms with Gasteiger partial charge in [-0.15, -0.1) is 0 Å². The van der Waals surface area contributed by atoms with Crippen molar-refractivity contribution in [1.29, 1.82) is 0 Å². The van der Waals surface area contributed by atoms with E-state index in [1.54, 1.807) is 0 Å². The van der Waals surface area contributed by atoms with E-state index in [4.69, 9.17) is 0 Å². The molecule has 0 fully saturated rings. The van der Waals surface area contributed by atoms with Gasteiger partial charge in [0.05, 0.1) is 22.1 Å². The normalized spacial score (nSPS) is 11.5. The molecule has 0 bridgehead atoms. The predicted molar refractivity (Wildman–Crippen MR) is 262 cm³/mol. The largest absolute Gasteiger partial charge is 0.309 e. The molecule has 290 valence electrons. The molecule has 0 saturated carbocycles. The lowest BCUT2D eigenvalue weighted by molar-refractivity contribution is 1.18. The van der Waals surface area contributed by atoms with Crippen LogP contribution in [0.3, 0.4) is 0 Å². The van der Waals surface area contributed by atoms with Gasteiger partial charge in [0.2, 0.25) is 0 Å². The first-order valence-electron chi connectivity index (χ1n) is 21.3. The highest BCUT2D eigenvalue weighted by Gasteiger charge is 2.17. The lowest BCUT2D eigenvalue weighted by Crippen LogP contribution is -1.96. The van der Waals surface area contributed by atoms with E-state index in [-0.39, 0.29) is 0 Å². The van der Waals surface area contributed by atoms with Crippen LogP contribution in [0.2, 0.25) is 0 Å². The van der Waals surface area contributed by atoms with Gasteiger partial charge in [-0.2, -0.15) is 0 Å². The Bertz CT molecular complexity index is 3520. The van der Waals surface area contributed by atoms with Gasteiger partial charge in [-0.05, 0) is 122 Å². The van der Waals surface area contributed by atoms with Gasteiger partial charge in [-0.25, -0.2) is 0 Å². The van der Waals surface area contributed by atoms with Crippen LogP contribution in [0.15, 0.2) is 243 Å². The van der Waals surface area contributed by atoms with Crippen LogP contribution in [-0.4, -0.2) is 9.13 Å². The smallest absolute Gasteiger partial charge is 0.0541 e. The van der Waals surface area contributed by atoms with Crippen LogP contribution >= 0.6 is 0 Å². The Kier molecular flexibility index (Phi) is 8.53. The van der Waals surface area contributed by atoms with Crippen LogP contribution in [0.4, 0.5) is 0 Å². The maximum absolute atomic E-state index is 2.43. The molecule has 0 saturated heterocycles. The summed E-state index contributed by atoms with van der Waals surface area (Å²) in [4.78, 5) is 0. The van der Waals surface area contributed by atoms with E-state index in [9.17, 15) is 0 Å². The van der Waals surface area contributed by atoms with Gasteiger partial charge in [-0.1, -0.05) is 176 Å². The predicted octanol–water partition coefficient (Wildman–Crippen LogP) is 16.2. The van der Waals surface area contributed by atoms with Crippen LogP contribution in [0.25, 0.3) is 111 Å². The summed E-state index contributed by atoms with van der Waals surface area (Å²) in [5, 5.41) is 5.01. The standard InChI is InChI=1S/C60H40N2/c1-4-14-41(15-5-1)49-36-50(42-16-6-2-7-17-42)38-52(37-49)62-58-23-13-11-21-54(58)56-40-48(33-35-60(56)62)46-30-26-44(27-31-46)43-24-28-45(29-25-43)47-32-34-59-55(39-47)53-20-10-12-22-57(53)61(59)51-18-8-3-9-19-51/h1-40H. The molecular formula is C60H40N2. The average Bonchev–Trinajstić information content (AvgIpc) is 3.87. The van der Waals surface area contributed by atoms with Crippen LogP contribution in [0.1, 0.15) is 0 Å². The molecule has 12 aromatic rings. The molecule has 2 aromatic heterocycles. The molecule has 2 heterocycles. The summed E-state index contributed by atoms with van der Waals surface area (Å²) in [5.41, 5.74) is 19.2. The highest BCUT2D eigenvalue weighted by Crippen LogP contribution is 2.39. The molecule has 0 aliphatic rings. The zero-order valence-corrected chi connectivity index (χ0v) is 34.0. The van der Waals surface area contributed by atoms with Gasteiger partial charge in [0.15, 0.2) is 0 Å². The summed E-state index contributed by atoms with van der Waals surface area (Å²) in [6.45, 7) is 0. The Morgan fingerprint density at radius 3 is 0.952 bits per heavy atom. The van der Waals surface area contributed by atoms with E-state index < -0.39 is 0 Å². The Morgan fingerprint density at radius 1 is 0.177 bits per heavy atom. The molecular weight excluding hydrogens is 749 g/mol. The number of hydrogen-bond donors (Lipinski definition) is 0. The van der Waals surface area contributed by atoms with E-state index in [0.29, 0.717) is 0 Å². The van der Waals surface area contributed by atoms with Crippen LogP contribution in [0, 0.1) is 0 Å². The van der Waals surface area contributed by atoms with Crippen molar-refractivity contribution < 1.29 is 0 Å². The zero-order valence-electron chi connectivity index (χ0n) is 34.0. The second kappa shape index (κ2) is 14.8. The Labute approximate surface area is 360 Å². The number of fused-ring (bicyclic) bond motifs is 6. The van der Waals surface area contributed by atoms with Crippen LogP contribution < -0.4 is 0 Å². The first-order chi connectivity index (χ1) is 30.7. The van der Waals surface area contributed by atoms with Crippen molar-refractivity contribution in [3.05, 3.63) is 243 Å². The molecule has 0 radical (unpaired) electrons. The third-order valence-corrected chi connectivity index (χ3v) is 12.5. The topological polar surface area (TPSA) is 9.86 Å². The lowest BCUT2D eigenvalue weighted by Gasteiger charge is -2.14. The summed E-state index contributed by atoms with van der Waals surface area (Å²) >= 11 is 0. The second-order valence-corrected chi connectivity index (χ2v) is 16.2. The quantitative estimate of drug-likeness (QED) is 0.152. The fourth-order valence-electron chi connectivity index (χ4n) is 9.48. The third kappa shape index (κ3) is 6.12. The summed E-state index contributed by atoms with van der Waals surface area (Å²) in [5.74, 6) is 0. The number of nitrogens with zero attached hydrogens (tertiary/aromatic N) is 2. The molecule has 0 N–H and O–H groups in total. The monoisotopic (exact) mass is 788 g/mol. The molecule has 0 amide bonds. The highest BCUT2D eigenvalue weighted by atomic mass is 15.0. The van der Waals surface area contributed by atoms with Gasteiger partial charge in [0.1, 0.15) is 0 Å². The third-order valence-electron chi connectivity index (χ3n) is 12.5. The molecule has 0 spiro atoms. The van der Waals surface area contributed by atoms with Gasteiger partial charge in [0.25, 0.3) is 0 Å². The van der Waals surface area contributed by atoms with Crippen LogP contribution in [-0.2, 0) is 0 Å². The van der Waals surface area contributed by atoms with Crippen molar-refractivity contribution in [3.63, 3.8) is 0 Å².